The van der Waals surface area contributed by atoms with Crippen LogP contribution in [0.5, 0.6) is 0 Å². The van der Waals surface area contributed by atoms with Crippen molar-refractivity contribution in [2.75, 3.05) is 20.2 Å². The second-order valence-electron chi connectivity index (χ2n) is 6.17. The van der Waals surface area contributed by atoms with Crippen LogP contribution in [-0.2, 0) is 9.53 Å². The van der Waals surface area contributed by atoms with E-state index in [2.05, 4.69) is 36.1 Å². The molecule has 0 heterocycles. The first-order chi connectivity index (χ1) is 12.2. The van der Waals surface area contributed by atoms with E-state index >= 15 is 0 Å². The van der Waals surface area contributed by atoms with Crippen molar-refractivity contribution < 1.29 is 9.53 Å². The maximum atomic E-state index is 12.1. The van der Waals surface area contributed by atoms with Crippen molar-refractivity contribution in [2.45, 2.75) is 31.8 Å². The average molecular weight is 340 g/mol. The van der Waals surface area contributed by atoms with Crippen LogP contribution in [0.3, 0.4) is 0 Å². The van der Waals surface area contributed by atoms with Crippen LogP contribution in [0.4, 0.5) is 0 Å². The molecule has 0 aliphatic heterocycles. The van der Waals surface area contributed by atoms with E-state index in [0.717, 1.165) is 18.5 Å². The number of nitrogens with two attached hydrogens (primary N) is 1. The molecule has 0 aliphatic rings. The average Bonchev–Trinajstić information content (AvgIpc) is 2.68. The van der Waals surface area contributed by atoms with Gasteiger partial charge in [0.25, 0.3) is 0 Å². The van der Waals surface area contributed by atoms with Gasteiger partial charge in [0.15, 0.2) is 0 Å². The first-order valence-corrected chi connectivity index (χ1v) is 8.80. The van der Waals surface area contributed by atoms with Crippen LogP contribution in [0.15, 0.2) is 60.7 Å². The summed E-state index contributed by atoms with van der Waals surface area (Å²) in [6.45, 7) is 3.62. The molecule has 0 spiro atoms. The summed E-state index contributed by atoms with van der Waals surface area (Å²) in [6, 6.07) is 20.6. The lowest BCUT2D eigenvalue weighted by atomic mass is 9.97. The lowest BCUT2D eigenvalue weighted by Crippen LogP contribution is -2.35. The molecule has 4 heteroatoms. The number of hydrogen-bond donors (Lipinski definition) is 1. The fraction of sp³-hybridized carbons (Fsp3) is 0.381. The first kappa shape index (κ1) is 19.2. The molecule has 0 unspecified atom stereocenters. The molecule has 0 saturated carbocycles. The molecule has 2 N–H and O–H groups in total. The van der Waals surface area contributed by atoms with Crippen LogP contribution in [-0.4, -0.2) is 31.1 Å². The normalized spacial score (nSPS) is 13.4. The highest BCUT2D eigenvalue weighted by atomic mass is 16.5. The number of benzene rings is 2. The summed E-state index contributed by atoms with van der Waals surface area (Å²) in [5.74, 6) is -0.202. The SMILES string of the molecule is COC(=O)C[C@@H](c1ccccc1)N(CCCN)[C@H](C)c1ccccc1. The molecule has 0 fully saturated rings. The van der Waals surface area contributed by atoms with Gasteiger partial charge in [0.05, 0.1) is 13.5 Å². The van der Waals surface area contributed by atoms with E-state index in [1.54, 1.807) is 0 Å². The van der Waals surface area contributed by atoms with Crippen LogP contribution >= 0.6 is 0 Å². The van der Waals surface area contributed by atoms with Crippen molar-refractivity contribution in [2.24, 2.45) is 5.73 Å². The molecule has 2 atom stereocenters. The molecule has 0 bridgehead atoms. The molecule has 2 aromatic carbocycles. The van der Waals surface area contributed by atoms with Crippen LogP contribution in [0.1, 0.15) is 43.0 Å². The Labute approximate surface area is 150 Å². The van der Waals surface area contributed by atoms with Gasteiger partial charge in [-0.2, -0.15) is 0 Å². The van der Waals surface area contributed by atoms with E-state index in [1.807, 2.05) is 36.4 Å². The van der Waals surface area contributed by atoms with Crippen molar-refractivity contribution in [3.63, 3.8) is 0 Å². The topological polar surface area (TPSA) is 55.6 Å². The van der Waals surface area contributed by atoms with E-state index in [-0.39, 0.29) is 18.1 Å². The summed E-state index contributed by atoms with van der Waals surface area (Å²) in [7, 11) is 1.44. The lowest BCUT2D eigenvalue weighted by molar-refractivity contribution is -0.142. The van der Waals surface area contributed by atoms with Crippen molar-refractivity contribution in [3.05, 3.63) is 71.8 Å². The zero-order valence-corrected chi connectivity index (χ0v) is 15.1. The minimum Gasteiger partial charge on any atom is -0.469 e. The standard InChI is InChI=1S/C21H28N2O2/c1-17(18-10-5-3-6-11-18)23(15-9-14-22)20(16-21(24)25-2)19-12-7-4-8-13-19/h3-8,10-13,17,20H,9,14-16,22H2,1-2H3/t17-,20+/m1/s1. The largest absolute Gasteiger partial charge is 0.469 e. The zero-order valence-electron chi connectivity index (χ0n) is 15.1. The van der Waals surface area contributed by atoms with Gasteiger partial charge in [-0.05, 0) is 31.0 Å². The predicted octanol–water partition coefficient (Wildman–Crippen LogP) is 3.70. The highest BCUT2D eigenvalue weighted by Gasteiger charge is 2.28. The second kappa shape index (κ2) is 9.97. The fourth-order valence-electron chi connectivity index (χ4n) is 3.16. The summed E-state index contributed by atoms with van der Waals surface area (Å²) >= 11 is 0. The van der Waals surface area contributed by atoms with Crippen molar-refractivity contribution in [1.29, 1.82) is 0 Å². The molecule has 0 saturated heterocycles. The third kappa shape index (κ3) is 5.41. The maximum Gasteiger partial charge on any atom is 0.307 e. The lowest BCUT2D eigenvalue weighted by Gasteiger charge is -2.36. The Morgan fingerprint density at radius 3 is 2.12 bits per heavy atom. The summed E-state index contributed by atoms with van der Waals surface area (Å²) in [5, 5.41) is 0. The molecule has 2 rings (SSSR count). The third-order valence-electron chi connectivity index (χ3n) is 4.57. The highest BCUT2D eigenvalue weighted by Crippen LogP contribution is 2.33. The zero-order chi connectivity index (χ0) is 18.1. The van der Waals surface area contributed by atoms with E-state index in [0.29, 0.717) is 13.0 Å². The molecular weight excluding hydrogens is 312 g/mol. The molecule has 0 aromatic heterocycles. The van der Waals surface area contributed by atoms with Gasteiger partial charge >= 0.3 is 5.97 Å². The Hall–Kier alpha value is -2.17. The van der Waals surface area contributed by atoms with Crippen LogP contribution in [0.25, 0.3) is 0 Å². The van der Waals surface area contributed by atoms with Crippen LogP contribution < -0.4 is 5.73 Å². The van der Waals surface area contributed by atoms with Gasteiger partial charge in [0.2, 0.25) is 0 Å². The van der Waals surface area contributed by atoms with Gasteiger partial charge in [-0.3, -0.25) is 9.69 Å². The highest BCUT2D eigenvalue weighted by molar-refractivity contribution is 5.70. The van der Waals surface area contributed by atoms with Crippen molar-refractivity contribution in [1.82, 2.24) is 4.90 Å². The number of esters is 1. The molecule has 0 radical (unpaired) electrons. The van der Waals surface area contributed by atoms with Crippen LogP contribution in [0, 0.1) is 0 Å². The summed E-state index contributed by atoms with van der Waals surface area (Å²) in [5.41, 5.74) is 8.11. The summed E-state index contributed by atoms with van der Waals surface area (Å²) < 4.78 is 4.95. The van der Waals surface area contributed by atoms with Gasteiger partial charge < -0.3 is 10.5 Å². The predicted molar refractivity (Wildman–Crippen MR) is 101 cm³/mol. The summed E-state index contributed by atoms with van der Waals surface area (Å²) in [6.07, 6.45) is 1.20. The number of nitrogens with zero attached hydrogens (tertiary/aromatic N) is 1. The minimum absolute atomic E-state index is 0.0459. The van der Waals surface area contributed by atoms with Gasteiger partial charge in [-0.1, -0.05) is 60.7 Å². The number of hydrogen-bond acceptors (Lipinski definition) is 4. The number of carbonyl (C=O) groups excluding carboxylic acids is 1. The van der Waals surface area contributed by atoms with E-state index < -0.39 is 0 Å². The van der Waals surface area contributed by atoms with Gasteiger partial charge in [-0.15, -0.1) is 0 Å². The monoisotopic (exact) mass is 340 g/mol. The van der Waals surface area contributed by atoms with E-state index in [1.165, 1.54) is 12.7 Å². The molecule has 25 heavy (non-hydrogen) atoms. The van der Waals surface area contributed by atoms with Crippen molar-refractivity contribution in [3.8, 4) is 0 Å². The minimum atomic E-state index is -0.202. The number of rotatable bonds is 9. The van der Waals surface area contributed by atoms with Crippen molar-refractivity contribution >= 4 is 5.97 Å². The Bertz CT molecular complexity index is 631. The van der Waals surface area contributed by atoms with Gasteiger partial charge in [-0.25, -0.2) is 0 Å². The molecule has 134 valence electrons. The third-order valence-corrected chi connectivity index (χ3v) is 4.57. The first-order valence-electron chi connectivity index (χ1n) is 8.80. The fourth-order valence-corrected chi connectivity index (χ4v) is 3.16. The second-order valence-corrected chi connectivity index (χ2v) is 6.17. The maximum absolute atomic E-state index is 12.1. The Balaban J connectivity index is 2.36. The Morgan fingerprint density at radius 2 is 1.60 bits per heavy atom. The molecule has 0 aliphatic carbocycles. The smallest absolute Gasteiger partial charge is 0.307 e. The number of carbonyl (C=O) groups is 1. The van der Waals surface area contributed by atoms with E-state index in [4.69, 9.17) is 10.5 Å². The Morgan fingerprint density at radius 1 is 1.04 bits per heavy atom. The Kier molecular flexibility index (Phi) is 7.64. The van der Waals surface area contributed by atoms with Crippen LogP contribution in [0.2, 0.25) is 0 Å². The molecule has 4 nitrogen and oxygen atoms in total. The van der Waals surface area contributed by atoms with Gasteiger partial charge in [0.1, 0.15) is 0 Å². The molecule has 2 aromatic rings. The summed E-state index contributed by atoms with van der Waals surface area (Å²) in [4.78, 5) is 14.4. The molecule has 0 amide bonds. The number of ether oxygens (including phenoxy) is 1. The number of methoxy groups -OCH3 is 1. The quantitative estimate of drug-likeness (QED) is 0.707. The van der Waals surface area contributed by atoms with E-state index in [9.17, 15) is 4.79 Å². The van der Waals surface area contributed by atoms with Gasteiger partial charge in [0, 0.05) is 18.6 Å². The molecular formula is C21H28N2O2.